The number of rotatable bonds is 7. The number of fused-ring (bicyclic) bond motifs is 1. The van der Waals surface area contributed by atoms with Gasteiger partial charge in [0.2, 0.25) is 5.91 Å². The first kappa shape index (κ1) is 25.9. The Morgan fingerprint density at radius 1 is 1.08 bits per heavy atom. The molecule has 0 aliphatic carbocycles. The Morgan fingerprint density at radius 3 is 2.53 bits per heavy atom. The van der Waals surface area contributed by atoms with Crippen molar-refractivity contribution in [1.82, 2.24) is 14.8 Å². The van der Waals surface area contributed by atoms with Gasteiger partial charge in [-0.3, -0.25) is 24.5 Å². The summed E-state index contributed by atoms with van der Waals surface area (Å²) in [4.78, 5) is 38.4. The molecule has 3 aromatic rings. The zero-order chi connectivity index (χ0) is 26.8. The van der Waals surface area contributed by atoms with E-state index in [1.807, 2.05) is 35.2 Å². The fourth-order valence-electron chi connectivity index (χ4n) is 5.47. The number of Topliss-reactive ketones (excluding diaryl/α,β-unsaturated/α-hetero) is 1. The van der Waals surface area contributed by atoms with Crippen LogP contribution >= 0.6 is 0 Å². The third-order valence-electron chi connectivity index (χ3n) is 7.39. The number of nitrogens with zero attached hydrogens (tertiary/aromatic N) is 4. The van der Waals surface area contributed by atoms with Gasteiger partial charge in [0.1, 0.15) is 17.7 Å². The number of benzene rings is 2. The highest BCUT2D eigenvalue weighted by molar-refractivity contribution is 6.16. The first-order valence-corrected chi connectivity index (χ1v) is 12.8. The minimum Gasteiger partial charge on any atom is -0.347 e. The maximum absolute atomic E-state index is 14.8. The number of carbonyl (C=O) groups excluding carboxylic acids is 2. The van der Waals surface area contributed by atoms with Crippen molar-refractivity contribution in [3.05, 3.63) is 100 Å². The normalized spacial score (nSPS) is 18.0. The van der Waals surface area contributed by atoms with Crippen LogP contribution in [0.15, 0.2) is 65.9 Å². The molecule has 0 saturated carbocycles. The molecular formula is C30H30F2N4O2. The number of likely N-dealkylation sites (tertiary alicyclic amines) is 1. The highest BCUT2D eigenvalue weighted by atomic mass is 19.1. The summed E-state index contributed by atoms with van der Waals surface area (Å²) >= 11 is 0. The number of ketones is 1. The number of aromatic nitrogens is 1. The van der Waals surface area contributed by atoms with Gasteiger partial charge in [-0.15, -0.1) is 0 Å². The average molecular weight is 517 g/mol. The topological polar surface area (TPSA) is 65.9 Å². The monoisotopic (exact) mass is 516 g/mol. The fraction of sp³-hybridized carbons (Fsp3) is 0.333. The molecule has 1 unspecified atom stereocenters. The number of carbonyl (C=O) groups is 2. The Bertz CT molecular complexity index is 1370. The van der Waals surface area contributed by atoms with Crippen LogP contribution in [0.3, 0.4) is 0 Å². The average Bonchev–Trinajstić information content (AvgIpc) is 3.34. The lowest BCUT2D eigenvalue weighted by atomic mass is 9.88. The second-order valence-corrected chi connectivity index (χ2v) is 10.2. The van der Waals surface area contributed by atoms with Gasteiger partial charge in [-0.05, 0) is 61.2 Å². The molecule has 1 aromatic heterocycles. The van der Waals surface area contributed by atoms with Crippen molar-refractivity contribution in [2.24, 2.45) is 10.9 Å². The van der Waals surface area contributed by atoms with E-state index in [1.165, 1.54) is 23.1 Å². The van der Waals surface area contributed by atoms with Crippen LogP contribution in [0.5, 0.6) is 0 Å². The van der Waals surface area contributed by atoms with Gasteiger partial charge < -0.3 is 4.90 Å². The predicted octanol–water partition coefficient (Wildman–Crippen LogP) is 4.83. The minimum absolute atomic E-state index is 0.00758. The molecule has 6 nitrogen and oxygen atoms in total. The smallest absolute Gasteiger partial charge is 0.244 e. The van der Waals surface area contributed by atoms with E-state index < -0.39 is 17.7 Å². The van der Waals surface area contributed by atoms with E-state index in [1.54, 1.807) is 26.5 Å². The molecule has 196 valence electrons. The molecule has 0 N–H and O–H groups in total. The minimum atomic E-state index is -1.08. The summed E-state index contributed by atoms with van der Waals surface area (Å²) in [7, 11) is 3.16. The molecule has 1 fully saturated rings. The Morgan fingerprint density at radius 2 is 1.82 bits per heavy atom. The molecule has 0 radical (unpaired) electrons. The van der Waals surface area contributed by atoms with Gasteiger partial charge in [0.05, 0.1) is 17.8 Å². The number of pyridine rings is 1. The van der Waals surface area contributed by atoms with Crippen LogP contribution in [0.4, 0.5) is 8.78 Å². The highest BCUT2D eigenvalue weighted by Gasteiger charge is 2.36. The van der Waals surface area contributed by atoms with Crippen LogP contribution in [0, 0.1) is 17.6 Å². The molecule has 5 rings (SSSR count). The van der Waals surface area contributed by atoms with Crippen LogP contribution in [0.2, 0.25) is 0 Å². The molecule has 8 heteroatoms. The summed E-state index contributed by atoms with van der Waals surface area (Å²) in [5.74, 6) is -1.90. The zero-order valence-electron chi connectivity index (χ0n) is 21.5. The first-order chi connectivity index (χ1) is 18.3. The second-order valence-electron chi connectivity index (χ2n) is 10.2. The summed E-state index contributed by atoms with van der Waals surface area (Å²) < 4.78 is 29.5. The van der Waals surface area contributed by atoms with Crippen LogP contribution in [0.25, 0.3) is 0 Å². The van der Waals surface area contributed by atoms with Crippen molar-refractivity contribution in [2.75, 3.05) is 27.2 Å². The van der Waals surface area contributed by atoms with Crippen molar-refractivity contribution < 1.29 is 18.4 Å². The molecule has 1 saturated heterocycles. The molecule has 0 bridgehead atoms. The molecule has 38 heavy (non-hydrogen) atoms. The number of halogens is 2. The lowest BCUT2D eigenvalue weighted by Crippen LogP contribution is -2.45. The maximum Gasteiger partial charge on any atom is 0.244 e. The standard InChI is InChI=1S/C30H30F2N4O2/c1-35(2)30(38)29(27-24(31)6-3-7-25(27)32)36-14-4-5-19(18-36)15-26(37)21-8-9-22-17-34-28(23(22)16-21)20-10-12-33-13-11-20/h3,6-13,16,19,29H,4-5,14-15,17-18H2,1-2H3/t19-,29?/m0/s1. The van der Waals surface area contributed by atoms with Crippen LogP contribution in [-0.4, -0.2) is 59.4 Å². The maximum atomic E-state index is 14.8. The zero-order valence-corrected chi connectivity index (χ0v) is 21.5. The van der Waals surface area contributed by atoms with Gasteiger partial charge in [-0.25, -0.2) is 8.78 Å². The van der Waals surface area contributed by atoms with Crippen LogP contribution in [-0.2, 0) is 11.3 Å². The number of hydrogen-bond acceptors (Lipinski definition) is 5. The van der Waals surface area contributed by atoms with E-state index in [0.29, 0.717) is 31.6 Å². The van der Waals surface area contributed by atoms with Crippen LogP contribution < -0.4 is 0 Å². The van der Waals surface area contributed by atoms with Crippen molar-refractivity contribution >= 4 is 17.4 Å². The Hall–Kier alpha value is -3.78. The lowest BCUT2D eigenvalue weighted by Gasteiger charge is -2.38. The third-order valence-corrected chi connectivity index (χ3v) is 7.39. The largest absolute Gasteiger partial charge is 0.347 e. The van der Waals surface area contributed by atoms with Gasteiger partial charge in [0.25, 0.3) is 0 Å². The van der Waals surface area contributed by atoms with Crippen molar-refractivity contribution in [1.29, 1.82) is 0 Å². The number of hydrogen-bond donors (Lipinski definition) is 0. The molecular weight excluding hydrogens is 486 g/mol. The molecule has 0 spiro atoms. The number of piperidine rings is 1. The van der Waals surface area contributed by atoms with E-state index in [0.717, 1.165) is 35.2 Å². The van der Waals surface area contributed by atoms with E-state index in [9.17, 15) is 18.4 Å². The van der Waals surface area contributed by atoms with Gasteiger partial charge in [-0.2, -0.15) is 0 Å². The van der Waals surface area contributed by atoms with E-state index in [2.05, 4.69) is 9.98 Å². The quantitative estimate of drug-likeness (QED) is 0.422. The number of aliphatic imine (C=N–C) groups is 1. The van der Waals surface area contributed by atoms with Gasteiger partial charge in [-0.1, -0.05) is 18.2 Å². The lowest BCUT2D eigenvalue weighted by molar-refractivity contribution is -0.135. The summed E-state index contributed by atoms with van der Waals surface area (Å²) in [6.45, 7) is 1.50. The van der Waals surface area contributed by atoms with E-state index in [4.69, 9.17) is 0 Å². The Kier molecular flexibility index (Phi) is 7.42. The number of likely N-dealkylation sites (N-methyl/N-ethyl adjacent to an activating group) is 1. The van der Waals surface area contributed by atoms with Crippen molar-refractivity contribution in [3.63, 3.8) is 0 Å². The highest BCUT2D eigenvalue weighted by Crippen LogP contribution is 2.33. The summed E-state index contributed by atoms with van der Waals surface area (Å²) in [5.41, 5.74) is 4.24. The Balaban J connectivity index is 1.35. The Labute approximate surface area is 221 Å². The molecule has 1 amide bonds. The van der Waals surface area contributed by atoms with Crippen LogP contribution in [0.1, 0.15) is 57.9 Å². The first-order valence-electron chi connectivity index (χ1n) is 12.8. The number of amides is 1. The van der Waals surface area contributed by atoms with E-state index in [-0.39, 0.29) is 23.2 Å². The SMILES string of the molecule is CN(C)C(=O)C(c1c(F)cccc1F)N1CCC[C@@H](CC(=O)c2ccc3c(c2)C(c2ccncc2)=NC3)C1. The van der Waals surface area contributed by atoms with Gasteiger partial charge >= 0.3 is 0 Å². The molecule has 2 atom stereocenters. The summed E-state index contributed by atoms with van der Waals surface area (Å²) in [6, 6.07) is 12.1. The molecule has 2 aromatic carbocycles. The van der Waals surface area contributed by atoms with E-state index >= 15 is 0 Å². The van der Waals surface area contributed by atoms with Gasteiger partial charge in [0, 0.05) is 56.1 Å². The second kappa shape index (κ2) is 10.9. The molecule has 3 heterocycles. The fourth-order valence-corrected chi connectivity index (χ4v) is 5.47. The molecule has 2 aliphatic heterocycles. The third kappa shape index (κ3) is 5.13. The molecule has 2 aliphatic rings. The summed E-state index contributed by atoms with van der Waals surface area (Å²) in [5, 5.41) is 0. The van der Waals surface area contributed by atoms with Crippen molar-refractivity contribution in [3.8, 4) is 0 Å². The predicted molar refractivity (Wildman–Crippen MR) is 141 cm³/mol. The van der Waals surface area contributed by atoms with Gasteiger partial charge in [0.15, 0.2) is 5.78 Å². The van der Waals surface area contributed by atoms with Crippen molar-refractivity contribution in [2.45, 2.75) is 31.8 Å². The summed E-state index contributed by atoms with van der Waals surface area (Å²) in [6.07, 6.45) is 5.27.